The van der Waals surface area contributed by atoms with Crippen LogP contribution in [0, 0.1) is 11.8 Å². The van der Waals surface area contributed by atoms with Crippen LogP contribution in [-0.2, 0) is 44.8 Å². The molecule has 0 aliphatic rings. The number of hydrogen-bond acceptors (Lipinski definition) is 13. The highest BCUT2D eigenvalue weighted by molar-refractivity contribution is 5.84. The van der Waals surface area contributed by atoms with Crippen LogP contribution >= 0.6 is 0 Å². The number of unbranched alkanes of at least 4 members (excludes halogenated alkanes) is 1. The van der Waals surface area contributed by atoms with E-state index in [9.17, 15) is 53.7 Å². The number of aliphatic hydroxyl groups is 1. The fourth-order valence-corrected chi connectivity index (χ4v) is 7.15. The zero-order valence-electron chi connectivity index (χ0n) is 39.0. The van der Waals surface area contributed by atoms with E-state index in [1.165, 1.54) is 0 Å². The molecule has 0 spiro atoms. The van der Waals surface area contributed by atoms with E-state index >= 15 is 0 Å². The molecule has 1 rings (SSSR count). The minimum atomic E-state index is -1.21. The van der Waals surface area contributed by atoms with Gasteiger partial charge in [-0.1, -0.05) is 46.2 Å². The molecule has 0 bridgehead atoms. The highest BCUT2D eigenvalue weighted by atomic mass is 16.4. The summed E-state index contributed by atoms with van der Waals surface area (Å²) < 4.78 is 0. The van der Waals surface area contributed by atoms with E-state index in [1.807, 2.05) is 13.8 Å². The Hall–Kier alpha value is -5.38. The summed E-state index contributed by atoms with van der Waals surface area (Å²) in [5.74, 6) is -5.51. The molecule has 1 aromatic carbocycles. The van der Waals surface area contributed by atoms with Gasteiger partial charge in [-0.3, -0.25) is 38.4 Å². The monoisotopic (exact) mass is 936 g/mol. The number of phenolic OH excluding ortho intramolecular Hbond substituents is 1. The molecule has 0 unspecified atom stereocenters. The molecule has 0 saturated carbocycles. The van der Waals surface area contributed by atoms with Crippen LogP contribution in [-0.4, -0.2) is 130 Å². The van der Waals surface area contributed by atoms with Gasteiger partial charge < -0.3 is 69.5 Å². The fraction of sp³-hybridized carbons (Fsp3) is 0.689. The molecule has 0 radical (unpaired) electrons. The van der Waals surface area contributed by atoms with Crippen LogP contribution in [0.4, 0.5) is 0 Å². The number of aromatic hydroxyl groups is 1. The number of aliphatic hydroxyl groups excluding tert-OH is 1. The van der Waals surface area contributed by atoms with Gasteiger partial charge in [0.2, 0.25) is 35.4 Å². The number of carboxylic acid groups (broad SMARTS) is 2. The molecule has 66 heavy (non-hydrogen) atoms. The molecule has 1 aromatic rings. The van der Waals surface area contributed by atoms with Gasteiger partial charge in [0.25, 0.3) is 0 Å². The van der Waals surface area contributed by atoms with Crippen molar-refractivity contribution in [2.75, 3.05) is 19.7 Å². The first-order valence-corrected chi connectivity index (χ1v) is 22.9. The lowest BCUT2D eigenvalue weighted by atomic mass is 9.98. The molecule has 0 heterocycles. The van der Waals surface area contributed by atoms with Crippen molar-refractivity contribution in [1.29, 1.82) is 0 Å². The molecular formula is C45H77N9O12. The number of carbonyl (C=O) groups is 8. The molecule has 0 aromatic heterocycles. The number of carbonyl (C=O) groups excluding carboxylic acids is 6. The van der Waals surface area contributed by atoms with Crippen molar-refractivity contribution < 1.29 is 58.8 Å². The Kier molecular flexibility index (Phi) is 28.7. The van der Waals surface area contributed by atoms with Crippen molar-refractivity contribution in [3.63, 3.8) is 0 Å². The summed E-state index contributed by atoms with van der Waals surface area (Å²) in [6.07, 6.45) is 1.15. The molecule has 7 atom stereocenters. The summed E-state index contributed by atoms with van der Waals surface area (Å²) in [5.41, 5.74) is 18.5. The average molecular weight is 936 g/mol. The molecule has 6 amide bonds. The molecule has 16 N–H and O–H groups in total. The molecule has 0 saturated heterocycles. The van der Waals surface area contributed by atoms with Crippen molar-refractivity contribution in [3.05, 3.63) is 29.8 Å². The van der Waals surface area contributed by atoms with E-state index in [4.69, 9.17) is 22.3 Å². The normalized spacial score (nSPS) is 14.5. The second-order valence-electron chi connectivity index (χ2n) is 17.7. The molecule has 21 nitrogen and oxygen atoms in total. The second-order valence-corrected chi connectivity index (χ2v) is 17.7. The average Bonchev–Trinajstić information content (AvgIpc) is 3.21. The van der Waals surface area contributed by atoms with E-state index in [1.54, 1.807) is 38.1 Å². The first kappa shape index (κ1) is 58.6. The standard InChI is InChI=1S/C45H77N9O12/c1-27(2)36(53-40(59)21-32(9-7-17-47)49-38(57)19-30(48)18-29-10-13-35(56)14-11-29)24-42(61)50-31(8-5-6-16-46)20-39(58)52-34(26-55)22-41(60)54-37(28(3)4)25-43(62)51-33(23-45(65)66)12-15-44(63)64/h10-11,13-14,27-28,30-34,36-37,55-56H,5-9,12,15-26,46-48H2,1-4H3,(H,49,57)(H,50,61)(H,51,62)(H,52,58)(H,53,59)(H,54,60)(H,63,64)(H,65,66)/t30-,31-,32-,33-,34+,36+,37+/m0/s1. The Morgan fingerprint density at radius 1 is 0.515 bits per heavy atom. The lowest BCUT2D eigenvalue weighted by molar-refractivity contribution is -0.140. The van der Waals surface area contributed by atoms with Gasteiger partial charge in [0.05, 0.1) is 19.1 Å². The third-order valence-electron chi connectivity index (χ3n) is 10.9. The zero-order valence-corrected chi connectivity index (χ0v) is 39.0. The van der Waals surface area contributed by atoms with Gasteiger partial charge in [0, 0.05) is 81.2 Å². The second kappa shape index (κ2) is 32.3. The van der Waals surface area contributed by atoms with Crippen molar-refractivity contribution in [2.45, 2.75) is 166 Å². The van der Waals surface area contributed by atoms with Gasteiger partial charge in [-0.2, -0.15) is 0 Å². The van der Waals surface area contributed by atoms with E-state index in [2.05, 4.69) is 31.9 Å². The first-order chi connectivity index (χ1) is 31.1. The number of hydrogen-bond donors (Lipinski definition) is 13. The van der Waals surface area contributed by atoms with Gasteiger partial charge in [0.1, 0.15) is 5.75 Å². The predicted octanol–water partition coefficient (Wildman–Crippen LogP) is 0.0231. The number of benzene rings is 1. The SMILES string of the molecule is CC(C)[C@@H](CC(=O)N[C@@H](CCC(=O)O)CC(=O)O)NC(=O)C[C@H](CO)NC(=O)C[C@H](CCCCN)NC(=O)C[C@@H](NC(=O)C[C@H](CCCN)NC(=O)C[C@@H](N)Cc1ccc(O)cc1)C(C)C. The smallest absolute Gasteiger partial charge is 0.305 e. The molecule has 0 fully saturated rings. The van der Waals surface area contributed by atoms with Crippen LogP contribution in [0.25, 0.3) is 0 Å². The predicted molar refractivity (Wildman–Crippen MR) is 246 cm³/mol. The van der Waals surface area contributed by atoms with Crippen LogP contribution in [0.15, 0.2) is 24.3 Å². The highest BCUT2D eigenvalue weighted by Crippen LogP contribution is 2.15. The van der Waals surface area contributed by atoms with Gasteiger partial charge in [-0.05, 0) is 81.1 Å². The maximum absolute atomic E-state index is 13.5. The minimum Gasteiger partial charge on any atom is -0.508 e. The third-order valence-corrected chi connectivity index (χ3v) is 10.9. The number of carboxylic acids is 2. The number of phenols is 1. The Bertz CT molecular complexity index is 1680. The number of nitrogens with one attached hydrogen (secondary N) is 6. The summed E-state index contributed by atoms with van der Waals surface area (Å²) >= 11 is 0. The lowest BCUT2D eigenvalue weighted by Crippen LogP contribution is -2.49. The number of nitrogens with two attached hydrogens (primary N) is 3. The van der Waals surface area contributed by atoms with Crippen molar-refractivity contribution in [3.8, 4) is 5.75 Å². The van der Waals surface area contributed by atoms with Gasteiger partial charge in [-0.15, -0.1) is 0 Å². The van der Waals surface area contributed by atoms with Gasteiger partial charge in [0.15, 0.2) is 0 Å². The van der Waals surface area contributed by atoms with Crippen LogP contribution in [0.1, 0.15) is 123 Å². The summed E-state index contributed by atoms with van der Waals surface area (Å²) in [5, 5.41) is 54.4. The van der Waals surface area contributed by atoms with Crippen LogP contribution in [0.3, 0.4) is 0 Å². The minimum absolute atomic E-state index is 0.0119. The maximum Gasteiger partial charge on any atom is 0.305 e. The third kappa shape index (κ3) is 27.2. The largest absolute Gasteiger partial charge is 0.508 e. The number of rotatable bonds is 35. The summed E-state index contributed by atoms with van der Waals surface area (Å²) in [6, 6.07) is 1.61. The Labute approximate surface area is 387 Å². The molecular weight excluding hydrogens is 859 g/mol. The van der Waals surface area contributed by atoms with Crippen molar-refractivity contribution in [1.82, 2.24) is 31.9 Å². The molecule has 21 heteroatoms. The lowest BCUT2D eigenvalue weighted by Gasteiger charge is -2.26. The number of amides is 6. The highest BCUT2D eigenvalue weighted by Gasteiger charge is 2.28. The van der Waals surface area contributed by atoms with E-state index in [0.717, 1.165) is 5.56 Å². The van der Waals surface area contributed by atoms with E-state index in [-0.39, 0.29) is 80.8 Å². The van der Waals surface area contributed by atoms with Crippen LogP contribution in [0.5, 0.6) is 5.75 Å². The Morgan fingerprint density at radius 2 is 0.924 bits per heavy atom. The summed E-state index contributed by atoms with van der Waals surface area (Å²) in [4.78, 5) is 101. The summed E-state index contributed by atoms with van der Waals surface area (Å²) in [7, 11) is 0. The quantitative estimate of drug-likeness (QED) is 0.0399. The Morgan fingerprint density at radius 3 is 1.36 bits per heavy atom. The molecule has 0 aliphatic heterocycles. The van der Waals surface area contributed by atoms with Crippen LogP contribution in [0.2, 0.25) is 0 Å². The number of aliphatic carboxylic acids is 2. The van der Waals surface area contributed by atoms with Crippen molar-refractivity contribution >= 4 is 47.4 Å². The molecule has 0 aliphatic carbocycles. The van der Waals surface area contributed by atoms with E-state index in [0.29, 0.717) is 51.6 Å². The van der Waals surface area contributed by atoms with E-state index < -0.39 is 90.9 Å². The molecule has 374 valence electrons. The Balaban J connectivity index is 2.87. The topological polar surface area (TPSA) is 368 Å². The van der Waals surface area contributed by atoms with Gasteiger partial charge in [-0.25, -0.2) is 0 Å². The fourth-order valence-electron chi connectivity index (χ4n) is 7.15. The summed E-state index contributed by atoms with van der Waals surface area (Å²) in [6.45, 7) is 7.34. The maximum atomic E-state index is 13.5. The first-order valence-electron chi connectivity index (χ1n) is 22.9. The van der Waals surface area contributed by atoms with Crippen LogP contribution < -0.4 is 49.1 Å². The van der Waals surface area contributed by atoms with Crippen molar-refractivity contribution in [2.24, 2.45) is 29.0 Å². The van der Waals surface area contributed by atoms with Gasteiger partial charge >= 0.3 is 11.9 Å². The zero-order chi connectivity index (χ0) is 49.8.